The van der Waals surface area contributed by atoms with E-state index in [1.165, 1.54) is 6.07 Å². The summed E-state index contributed by atoms with van der Waals surface area (Å²) >= 11 is 0. The number of rotatable bonds is 7. The quantitative estimate of drug-likeness (QED) is 0.624. The molecule has 2 N–H and O–H groups in total. The minimum absolute atomic E-state index is 0. The Morgan fingerprint density at radius 2 is 1.84 bits per heavy atom. The molecule has 0 unspecified atom stereocenters. The first-order chi connectivity index (χ1) is 14.7. The first kappa shape index (κ1) is 26.1. The normalized spacial score (nSPS) is 19.3. The van der Waals surface area contributed by atoms with Crippen molar-refractivity contribution in [2.24, 2.45) is 5.92 Å². The van der Waals surface area contributed by atoms with E-state index in [9.17, 15) is 27.6 Å². The van der Waals surface area contributed by atoms with Crippen LogP contribution in [-0.2, 0) is 15.8 Å². The van der Waals surface area contributed by atoms with Gasteiger partial charge in [-0.2, -0.15) is 13.2 Å². The van der Waals surface area contributed by atoms with E-state index in [1.807, 2.05) is 9.80 Å². The molecule has 0 radical (unpaired) electrons. The Balaban J connectivity index is 0.00000363. The lowest BCUT2D eigenvalue weighted by atomic mass is 10.0. The molecule has 7 nitrogen and oxygen atoms in total. The molecule has 1 atom stereocenters. The average Bonchev–Trinajstić information content (AvgIpc) is 3.18. The van der Waals surface area contributed by atoms with Gasteiger partial charge in [-0.25, -0.2) is 0 Å². The standard InChI is InChI=1S/C21H27F3N4O3.ClH/c22-21(23,24)17-3-1-2-16(11-17)20(31)26-12-18(29)10-15-4-7-27(13-15)14-19(30)28-8-5-25-6-9-28;/h1-3,11,15,25H,4-10,12-14H2,(H,26,31);1H/t15-;/m0./s1. The van der Waals surface area contributed by atoms with Crippen LogP contribution < -0.4 is 10.6 Å². The second-order valence-electron chi connectivity index (χ2n) is 8.02. The molecule has 2 fully saturated rings. The highest BCUT2D eigenvalue weighted by molar-refractivity contribution is 5.96. The van der Waals surface area contributed by atoms with Crippen molar-refractivity contribution in [1.82, 2.24) is 20.4 Å². The molecular formula is C21H28ClF3N4O3. The van der Waals surface area contributed by atoms with Crippen LogP contribution in [0.2, 0.25) is 0 Å². The minimum Gasteiger partial charge on any atom is -0.345 e. The lowest BCUT2D eigenvalue weighted by molar-refractivity contribution is -0.137. The third-order valence-corrected chi connectivity index (χ3v) is 5.61. The summed E-state index contributed by atoms with van der Waals surface area (Å²) in [6.07, 6.45) is -3.48. The van der Waals surface area contributed by atoms with Gasteiger partial charge in [0.15, 0.2) is 5.78 Å². The Kier molecular flexibility index (Phi) is 9.47. The third kappa shape index (κ3) is 7.46. The number of piperazine rings is 1. The SMILES string of the molecule is Cl.O=C(CNC(=O)c1cccc(C(F)(F)F)c1)C[C@@H]1CCN(CC(=O)N2CCNCC2)C1. The van der Waals surface area contributed by atoms with Gasteiger partial charge in [-0.05, 0) is 37.1 Å². The Labute approximate surface area is 191 Å². The second kappa shape index (κ2) is 11.6. The zero-order chi connectivity index (χ0) is 22.4. The summed E-state index contributed by atoms with van der Waals surface area (Å²) in [4.78, 5) is 40.6. The summed E-state index contributed by atoms with van der Waals surface area (Å²) in [5.74, 6) is -0.690. The highest BCUT2D eigenvalue weighted by atomic mass is 35.5. The van der Waals surface area contributed by atoms with E-state index in [1.54, 1.807) is 0 Å². The number of nitrogens with zero attached hydrogens (tertiary/aromatic N) is 2. The molecule has 3 rings (SSSR count). The van der Waals surface area contributed by atoms with Gasteiger partial charge >= 0.3 is 6.18 Å². The number of alkyl halides is 3. The number of amides is 2. The fraction of sp³-hybridized carbons (Fsp3) is 0.571. The Morgan fingerprint density at radius 3 is 2.53 bits per heavy atom. The molecule has 1 aromatic rings. The molecule has 11 heteroatoms. The molecule has 0 saturated carbocycles. The van der Waals surface area contributed by atoms with Crippen molar-refractivity contribution in [3.8, 4) is 0 Å². The number of hydrogen-bond donors (Lipinski definition) is 2. The van der Waals surface area contributed by atoms with E-state index in [0.717, 1.165) is 44.3 Å². The molecule has 178 valence electrons. The van der Waals surface area contributed by atoms with E-state index in [0.29, 0.717) is 26.2 Å². The van der Waals surface area contributed by atoms with Crippen molar-refractivity contribution in [2.45, 2.75) is 19.0 Å². The smallest absolute Gasteiger partial charge is 0.345 e. The molecule has 0 spiro atoms. The van der Waals surface area contributed by atoms with Crippen molar-refractivity contribution < 1.29 is 27.6 Å². The Hall–Kier alpha value is -2.17. The van der Waals surface area contributed by atoms with Gasteiger partial charge in [-0.15, -0.1) is 12.4 Å². The van der Waals surface area contributed by atoms with E-state index < -0.39 is 17.6 Å². The predicted octanol–water partition coefficient (Wildman–Crippen LogP) is 1.57. The van der Waals surface area contributed by atoms with Gasteiger partial charge in [0.1, 0.15) is 0 Å². The van der Waals surface area contributed by atoms with Crippen molar-refractivity contribution in [3.05, 3.63) is 35.4 Å². The molecular weight excluding hydrogens is 449 g/mol. The molecule has 0 aromatic heterocycles. The van der Waals surface area contributed by atoms with Crippen molar-refractivity contribution >= 4 is 30.0 Å². The van der Waals surface area contributed by atoms with Crippen LogP contribution in [0.15, 0.2) is 24.3 Å². The van der Waals surface area contributed by atoms with Crippen molar-refractivity contribution in [3.63, 3.8) is 0 Å². The lowest BCUT2D eigenvalue weighted by Gasteiger charge is -2.29. The summed E-state index contributed by atoms with van der Waals surface area (Å²) in [6.45, 7) is 4.52. The maximum atomic E-state index is 12.8. The first-order valence-corrected chi connectivity index (χ1v) is 10.4. The van der Waals surface area contributed by atoms with E-state index in [4.69, 9.17) is 0 Å². The van der Waals surface area contributed by atoms with Gasteiger partial charge in [0, 0.05) is 44.7 Å². The third-order valence-electron chi connectivity index (χ3n) is 5.61. The minimum atomic E-state index is -4.53. The summed E-state index contributed by atoms with van der Waals surface area (Å²) in [5.41, 5.74) is -1.05. The summed E-state index contributed by atoms with van der Waals surface area (Å²) < 4.78 is 38.3. The van der Waals surface area contributed by atoms with Crippen LogP contribution in [0.5, 0.6) is 0 Å². The largest absolute Gasteiger partial charge is 0.416 e. The van der Waals surface area contributed by atoms with E-state index in [-0.39, 0.29) is 48.5 Å². The first-order valence-electron chi connectivity index (χ1n) is 10.4. The van der Waals surface area contributed by atoms with Gasteiger partial charge in [0.05, 0.1) is 18.7 Å². The number of carbonyl (C=O) groups excluding carboxylic acids is 3. The Bertz CT molecular complexity index is 816. The molecule has 2 heterocycles. The van der Waals surface area contributed by atoms with E-state index in [2.05, 4.69) is 10.6 Å². The monoisotopic (exact) mass is 476 g/mol. The number of hydrogen-bond acceptors (Lipinski definition) is 5. The fourth-order valence-electron chi connectivity index (χ4n) is 3.94. The van der Waals surface area contributed by atoms with E-state index >= 15 is 0 Å². The number of ketones is 1. The van der Waals surface area contributed by atoms with Gasteiger partial charge in [0.25, 0.3) is 5.91 Å². The van der Waals surface area contributed by atoms with Gasteiger partial charge in [-0.1, -0.05) is 6.07 Å². The topological polar surface area (TPSA) is 81.8 Å². The van der Waals surface area contributed by atoms with Crippen LogP contribution in [0.4, 0.5) is 13.2 Å². The zero-order valence-corrected chi connectivity index (χ0v) is 18.4. The molecule has 2 amide bonds. The predicted molar refractivity (Wildman–Crippen MR) is 115 cm³/mol. The van der Waals surface area contributed by atoms with Gasteiger partial charge in [-0.3, -0.25) is 19.3 Å². The highest BCUT2D eigenvalue weighted by Crippen LogP contribution is 2.29. The summed E-state index contributed by atoms with van der Waals surface area (Å²) in [7, 11) is 0. The Morgan fingerprint density at radius 1 is 1.12 bits per heavy atom. The molecule has 2 aliphatic heterocycles. The zero-order valence-electron chi connectivity index (χ0n) is 17.6. The van der Waals surface area contributed by atoms with Crippen LogP contribution >= 0.6 is 12.4 Å². The van der Waals surface area contributed by atoms with Crippen molar-refractivity contribution in [1.29, 1.82) is 0 Å². The molecule has 2 saturated heterocycles. The number of benzene rings is 1. The summed E-state index contributed by atoms with van der Waals surface area (Å²) in [6, 6.07) is 4.10. The molecule has 0 bridgehead atoms. The van der Waals surface area contributed by atoms with Crippen molar-refractivity contribution in [2.75, 3.05) is 52.4 Å². The maximum Gasteiger partial charge on any atom is 0.416 e. The van der Waals surface area contributed by atoms with Crippen LogP contribution in [0.25, 0.3) is 0 Å². The maximum absolute atomic E-state index is 12.8. The fourth-order valence-corrected chi connectivity index (χ4v) is 3.94. The highest BCUT2D eigenvalue weighted by Gasteiger charge is 2.31. The number of carbonyl (C=O) groups is 3. The molecule has 2 aliphatic rings. The van der Waals surface area contributed by atoms with Gasteiger partial charge < -0.3 is 15.5 Å². The average molecular weight is 477 g/mol. The molecule has 32 heavy (non-hydrogen) atoms. The lowest BCUT2D eigenvalue weighted by Crippen LogP contribution is -2.49. The number of halogens is 4. The molecule has 1 aromatic carbocycles. The van der Waals surface area contributed by atoms with Crippen LogP contribution in [-0.4, -0.2) is 79.8 Å². The van der Waals surface area contributed by atoms with Gasteiger partial charge in [0.2, 0.25) is 5.91 Å². The summed E-state index contributed by atoms with van der Waals surface area (Å²) in [5, 5.41) is 5.61. The van der Waals surface area contributed by atoms with Crippen LogP contribution in [0, 0.1) is 5.92 Å². The number of nitrogens with one attached hydrogen (secondary N) is 2. The van der Waals surface area contributed by atoms with Crippen LogP contribution in [0.1, 0.15) is 28.8 Å². The number of likely N-dealkylation sites (tertiary alicyclic amines) is 1. The molecule has 0 aliphatic carbocycles. The second-order valence-corrected chi connectivity index (χ2v) is 8.02. The van der Waals surface area contributed by atoms with Crippen LogP contribution in [0.3, 0.4) is 0 Å². The number of Topliss-reactive ketones (excluding diaryl/α,β-unsaturated/α-hetero) is 1.